The zero-order valence-electron chi connectivity index (χ0n) is 6.59. The van der Waals surface area contributed by atoms with E-state index in [1.54, 1.807) is 0 Å². The Bertz CT molecular complexity index is 68.1. The maximum atomic E-state index is 9.15. The molecule has 0 aromatic carbocycles. The van der Waals surface area contributed by atoms with Gasteiger partial charge in [0.1, 0.15) is 8.96 Å². The second kappa shape index (κ2) is 4.96. The summed E-state index contributed by atoms with van der Waals surface area (Å²) in [4.78, 5) is 0. The van der Waals surface area contributed by atoms with E-state index in [0.717, 1.165) is 19.4 Å². The number of hydroxylamine groups is 1. The van der Waals surface area contributed by atoms with E-state index in [9.17, 15) is 0 Å². The molecule has 0 spiro atoms. The highest BCUT2D eigenvalue weighted by atomic mass is 28.3. The predicted molar refractivity (Wildman–Crippen MR) is 42.3 cm³/mol. The summed E-state index contributed by atoms with van der Waals surface area (Å²) in [5.74, 6) is 0. The molecule has 56 valence electrons. The van der Waals surface area contributed by atoms with Crippen molar-refractivity contribution in [2.45, 2.75) is 32.9 Å². The molecule has 0 aromatic rings. The van der Waals surface area contributed by atoms with Gasteiger partial charge in [-0.25, -0.2) is 4.73 Å². The Hall–Kier alpha value is 0.137. The van der Waals surface area contributed by atoms with Crippen LogP contribution in [0.2, 0.25) is 13.1 Å². The Morgan fingerprint density at radius 2 is 2.00 bits per heavy atom. The first-order valence-electron chi connectivity index (χ1n) is 3.64. The van der Waals surface area contributed by atoms with Crippen LogP contribution in [0.25, 0.3) is 0 Å². The van der Waals surface area contributed by atoms with Crippen molar-refractivity contribution in [2.24, 2.45) is 0 Å². The van der Waals surface area contributed by atoms with Crippen molar-refractivity contribution < 1.29 is 5.21 Å². The highest BCUT2D eigenvalue weighted by molar-refractivity contribution is 6.52. The topological polar surface area (TPSA) is 23.5 Å². The third kappa shape index (κ3) is 4.63. The average molecular weight is 147 g/mol. The van der Waals surface area contributed by atoms with Crippen LogP contribution in [0.3, 0.4) is 0 Å². The van der Waals surface area contributed by atoms with E-state index < -0.39 is 8.96 Å². The van der Waals surface area contributed by atoms with E-state index >= 15 is 0 Å². The molecule has 0 unspecified atom stereocenters. The quantitative estimate of drug-likeness (QED) is 0.481. The van der Waals surface area contributed by atoms with Gasteiger partial charge in [-0.2, -0.15) is 0 Å². The SMILES string of the molecule is CCCCN(O)[SiH](C)C. The van der Waals surface area contributed by atoms with Gasteiger partial charge in [0.05, 0.1) is 0 Å². The molecule has 0 aliphatic heterocycles. The molecule has 0 aliphatic carbocycles. The molecule has 0 bridgehead atoms. The number of hydrogen-bond donors (Lipinski definition) is 1. The van der Waals surface area contributed by atoms with Crippen LogP contribution in [-0.2, 0) is 0 Å². The molecule has 0 saturated carbocycles. The lowest BCUT2D eigenvalue weighted by atomic mass is 10.3. The van der Waals surface area contributed by atoms with E-state index in [2.05, 4.69) is 20.0 Å². The van der Waals surface area contributed by atoms with Crippen LogP contribution in [-0.4, -0.2) is 25.4 Å². The molecule has 0 atom stereocenters. The minimum Gasteiger partial charge on any atom is -0.322 e. The smallest absolute Gasteiger partial charge is 0.138 e. The molecule has 1 N–H and O–H groups in total. The number of nitrogens with zero attached hydrogens (tertiary/aromatic N) is 1. The van der Waals surface area contributed by atoms with Crippen LogP contribution in [0.4, 0.5) is 0 Å². The van der Waals surface area contributed by atoms with Crippen molar-refractivity contribution in [3.8, 4) is 0 Å². The largest absolute Gasteiger partial charge is 0.322 e. The molecule has 0 fully saturated rings. The van der Waals surface area contributed by atoms with Gasteiger partial charge in [0.15, 0.2) is 0 Å². The van der Waals surface area contributed by atoms with Crippen molar-refractivity contribution in [1.29, 1.82) is 0 Å². The van der Waals surface area contributed by atoms with Gasteiger partial charge in [-0.15, -0.1) is 0 Å². The van der Waals surface area contributed by atoms with Crippen LogP contribution in [0, 0.1) is 0 Å². The normalized spacial score (nSPS) is 11.3. The lowest BCUT2D eigenvalue weighted by molar-refractivity contribution is -0.00557. The molecule has 2 nitrogen and oxygen atoms in total. The molecule has 0 amide bonds. The zero-order chi connectivity index (χ0) is 7.28. The van der Waals surface area contributed by atoms with Gasteiger partial charge in [0, 0.05) is 6.54 Å². The first-order chi connectivity index (χ1) is 4.18. The average Bonchev–Trinajstić information content (AvgIpc) is 1.82. The molecule has 0 rings (SSSR count). The molecule has 3 heteroatoms. The molecule has 0 aromatic heterocycles. The van der Waals surface area contributed by atoms with Crippen molar-refractivity contribution >= 4 is 8.96 Å². The number of rotatable bonds is 4. The first-order valence-corrected chi connectivity index (χ1v) is 6.46. The zero-order valence-corrected chi connectivity index (χ0v) is 7.75. The van der Waals surface area contributed by atoms with Gasteiger partial charge < -0.3 is 5.21 Å². The lowest BCUT2D eigenvalue weighted by Crippen LogP contribution is -2.31. The Balaban J connectivity index is 3.16. The summed E-state index contributed by atoms with van der Waals surface area (Å²) >= 11 is 0. The van der Waals surface area contributed by atoms with E-state index in [-0.39, 0.29) is 0 Å². The fourth-order valence-corrected chi connectivity index (χ4v) is 1.28. The van der Waals surface area contributed by atoms with Crippen molar-refractivity contribution in [1.82, 2.24) is 4.73 Å². The minimum atomic E-state index is -0.907. The fourth-order valence-electron chi connectivity index (χ4n) is 0.578. The van der Waals surface area contributed by atoms with Crippen LogP contribution < -0.4 is 0 Å². The minimum absolute atomic E-state index is 0.861. The van der Waals surface area contributed by atoms with Gasteiger partial charge in [-0.05, 0) is 6.42 Å². The Labute approximate surface area is 59.1 Å². The summed E-state index contributed by atoms with van der Waals surface area (Å²) < 4.78 is 1.52. The number of unbranched alkanes of at least 4 members (excludes halogenated alkanes) is 1. The van der Waals surface area contributed by atoms with Crippen LogP contribution in [0.1, 0.15) is 19.8 Å². The highest BCUT2D eigenvalue weighted by Gasteiger charge is 2.03. The molecular weight excluding hydrogens is 130 g/mol. The third-order valence-electron chi connectivity index (χ3n) is 1.34. The van der Waals surface area contributed by atoms with Crippen molar-refractivity contribution in [3.63, 3.8) is 0 Å². The lowest BCUT2D eigenvalue weighted by Gasteiger charge is -2.16. The summed E-state index contributed by atoms with van der Waals surface area (Å²) in [5, 5.41) is 9.15. The summed E-state index contributed by atoms with van der Waals surface area (Å²) in [6.45, 7) is 7.24. The van der Waals surface area contributed by atoms with Gasteiger partial charge in [0.25, 0.3) is 0 Å². The van der Waals surface area contributed by atoms with E-state index in [1.165, 1.54) is 4.73 Å². The molecule has 0 saturated heterocycles. The maximum absolute atomic E-state index is 9.15. The van der Waals surface area contributed by atoms with Gasteiger partial charge in [-0.3, -0.25) is 0 Å². The fraction of sp³-hybridized carbons (Fsp3) is 1.00. The standard InChI is InChI=1S/C6H17NOSi/c1-4-5-6-7(8)9(2)3/h8-9H,4-6H2,1-3H3. The Kier molecular flexibility index (Phi) is 5.04. The molecule has 0 radical (unpaired) electrons. The van der Waals surface area contributed by atoms with Crippen LogP contribution >= 0.6 is 0 Å². The third-order valence-corrected chi connectivity index (χ3v) is 2.79. The number of hydrogen-bond acceptors (Lipinski definition) is 2. The van der Waals surface area contributed by atoms with Crippen molar-refractivity contribution in [2.75, 3.05) is 6.54 Å². The molecule has 0 heterocycles. The van der Waals surface area contributed by atoms with E-state index in [4.69, 9.17) is 5.21 Å². The monoisotopic (exact) mass is 147 g/mol. The van der Waals surface area contributed by atoms with Gasteiger partial charge in [0.2, 0.25) is 0 Å². The molecule has 9 heavy (non-hydrogen) atoms. The summed E-state index contributed by atoms with van der Waals surface area (Å²) in [7, 11) is -0.907. The summed E-state index contributed by atoms with van der Waals surface area (Å²) in [6, 6.07) is 0. The van der Waals surface area contributed by atoms with Crippen molar-refractivity contribution in [3.05, 3.63) is 0 Å². The molecular formula is C6H17NOSi. The Morgan fingerprint density at radius 3 is 2.33 bits per heavy atom. The second-order valence-corrected chi connectivity index (χ2v) is 5.39. The van der Waals surface area contributed by atoms with E-state index in [0.29, 0.717) is 0 Å². The van der Waals surface area contributed by atoms with Gasteiger partial charge in [-0.1, -0.05) is 26.4 Å². The van der Waals surface area contributed by atoms with Gasteiger partial charge >= 0.3 is 0 Å². The highest BCUT2D eigenvalue weighted by Crippen LogP contribution is 1.93. The second-order valence-electron chi connectivity index (χ2n) is 2.61. The summed E-state index contributed by atoms with van der Waals surface area (Å²) in [6.07, 6.45) is 2.28. The Morgan fingerprint density at radius 1 is 1.44 bits per heavy atom. The predicted octanol–water partition coefficient (Wildman–Crippen LogP) is 1.46. The van der Waals surface area contributed by atoms with E-state index in [1.807, 2.05) is 0 Å². The van der Waals surface area contributed by atoms with Crippen LogP contribution in [0.5, 0.6) is 0 Å². The first kappa shape index (κ1) is 9.14. The molecule has 0 aliphatic rings. The summed E-state index contributed by atoms with van der Waals surface area (Å²) in [5.41, 5.74) is 0. The maximum Gasteiger partial charge on any atom is 0.138 e. The van der Waals surface area contributed by atoms with Crippen LogP contribution in [0.15, 0.2) is 0 Å².